The zero-order chi connectivity index (χ0) is 34.2. The number of amides is 3. The Morgan fingerprint density at radius 2 is 1.57 bits per heavy atom. The summed E-state index contributed by atoms with van der Waals surface area (Å²) in [5.74, 6) is -0.379. The standard InChI is InChI=1S/C38H29BrN4O4S2/c1-47-29-17-20-31-33(23-29)49-38(42-31)43-37(46)34(25-10-4-2-5-11-25)48-30-18-15-28(16-19-30)40-36(45)32(22-24-9-8-14-27(39)21-24)41-35(44)26-12-6-3-7-13-26/h2-23,34H,1H3,(H,40,45)(H,41,44)(H,42,43,46)/b32-22-. The maximum Gasteiger partial charge on any atom is 0.272 e. The summed E-state index contributed by atoms with van der Waals surface area (Å²) in [6, 6.07) is 38.4. The topological polar surface area (TPSA) is 109 Å². The zero-order valence-corrected chi connectivity index (χ0v) is 29.3. The van der Waals surface area contributed by atoms with Crippen molar-refractivity contribution in [3.63, 3.8) is 0 Å². The van der Waals surface area contributed by atoms with E-state index in [-0.39, 0.29) is 11.6 Å². The fourth-order valence-electron chi connectivity index (χ4n) is 4.81. The van der Waals surface area contributed by atoms with Crippen molar-refractivity contribution in [3.05, 3.63) is 154 Å². The molecule has 0 saturated carbocycles. The Kier molecular flexibility index (Phi) is 10.8. The number of nitrogens with zero attached hydrogens (tertiary/aromatic N) is 1. The molecule has 49 heavy (non-hydrogen) atoms. The highest BCUT2D eigenvalue weighted by molar-refractivity contribution is 9.10. The highest BCUT2D eigenvalue weighted by Crippen LogP contribution is 2.38. The van der Waals surface area contributed by atoms with E-state index in [1.54, 1.807) is 49.6 Å². The molecule has 244 valence electrons. The lowest BCUT2D eigenvalue weighted by atomic mass is 10.1. The minimum Gasteiger partial charge on any atom is -0.497 e. The van der Waals surface area contributed by atoms with E-state index in [1.165, 1.54) is 23.1 Å². The van der Waals surface area contributed by atoms with Crippen molar-refractivity contribution in [1.29, 1.82) is 0 Å². The summed E-state index contributed by atoms with van der Waals surface area (Å²) < 4.78 is 7.07. The van der Waals surface area contributed by atoms with Gasteiger partial charge in [-0.1, -0.05) is 87.9 Å². The van der Waals surface area contributed by atoms with Gasteiger partial charge in [-0.05, 0) is 83.9 Å². The molecule has 1 unspecified atom stereocenters. The van der Waals surface area contributed by atoms with Crippen LogP contribution in [0.3, 0.4) is 0 Å². The van der Waals surface area contributed by atoms with Crippen LogP contribution in [0.4, 0.5) is 10.8 Å². The Morgan fingerprint density at radius 1 is 0.837 bits per heavy atom. The third-order valence-electron chi connectivity index (χ3n) is 7.22. The summed E-state index contributed by atoms with van der Waals surface area (Å²) in [7, 11) is 1.61. The molecule has 11 heteroatoms. The molecule has 0 fully saturated rings. The van der Waals surface area contributed by atoms with Crippen molar-refractivity contribution in [2.75, 3.05) is 17.7 Å². The number of nitrogens with one attached hydrogen (secondary N) is 3. The first kappa shape index (κ1) is 33.7. The van der Waals surface area contributed by atoms with Crippen molar-refractivity contribution >= 4 is 83.9 Å². The number of fused-ring (bicyclic) bond motifs is 1. The van der Waals surface area contributed by atoms with Crippen LogP contribution in [-0.2, 0) is 9.59 Å². The van der Waals surface area contributed by atoms with Crippen molar-refractivity contribution in [3.8, 4) is 5.75 Å². The van der Waals surface area contributed by atoms with E-state index < -0.39 is 17.1 Å². The first-order valence-electron chi connectivity index (χ1n) is 15.1. The van der Waals surface area contributed by atoms with E-state index in [4.69, 9.17) is 4.74 Å². The van der Waals surface area contributed by atoms with E-state index in [0.29, 0.717) is 16.4 Å². The molecule has 1 heterocycles. The van der Waals surface area contributed by atoms with Gasteiger partial charge in [-0.25, -0.2) is 4.98 Å². The molecule has 0 aliphatic rings. The van der Waals surface area contributed by atoms with Crippen LogP contribution in [0.25, 0.3) is 16.3 Å². The molecule has 1 aromatic heterocycles. The Hall–Kier alpha value is -5.23. The van der Waals surface area contributed by atoms with E-state index in [2.05, 4.69) is 36.9 Å². The summed E-state index contributed by atoms with van der Waals surface area (Å²) in [4.78, 5) is 45.6. The van der Waals surface area contributed by atoms with Crippen LogP contribution in [0.2, 0.25) is 0 Å². The molecule has 0 saturated heterocycles. The quantitative estimate of drug-likeness (QED) is 0.0902. The third kappa shape index (κ3) is 8.82. The van der Waals surface area contributed by atoms with Crippen molar-refractivity contribution < 1.29 is 19.1 Å². The number of carbonyl (C=O) groups is 3. The van der Waals surface area contributed by atoms with Crippen molar-refractivity contribution in [1.82, 2.24) is 10.3 Å². The Morgan fingerprint density at radius 3 is 2.29 bits per heavy atom. The predicted octanol–water partition coefficient (Wildman–Crippen LogP) is 8.95. The number of thioether (sulfide) groups is 1. The smallest absolute Gasteiger partial charge is 0.272 e. The number of anilines is 2. The lowest BCUT2D eigenvalue weighted by Gasteiger charge is -2.16. The van der Waals surface area contributed by atoms with Gasteiger partial charge in [0.05, 0.1) is 17.3 Å². The number of halogens is 1. The number of hydrogen-bond acceptors (Lipinski definition) is 7. The fraction of sp³-hybridized carbons (Fsp3) is 0.0526. The number of hydrogen-bond donors (Lipinski definition) is 3. The highest BCUT2D eigenvalue weighted by Gasteiger charge is 2.24. The van der Waals surface area contributed by atoms with Crippen LogP contribution in [-0.4, -0.2) is 29.8 Å². The molecule has 0 radical (unpaired) electrons. The van der Waals surface area contributed by atoms with Gasteiger partial charge in [-0.2, -0.15) is 0 Å². The van der Waals surface area contributed by atoms with Crippen LogP contribution in [0.1, 0.15) is 26.7 Å². The van der Waals surface area contributed by atoms with Gasteiger partial charge < -0.3 is 20.7 Å². The molecule has 0 aliphatic heterocycles. The van der Waals surface area contributed by atoms with Crippen LogP contribution < -0.4 is 20.7 Å². The second-order valence-corrected chi connectivity index (χ2v) is 13.8. The summed E-state index contributed by atoms with van der Waals surface area (Å²) in [6.07, 6.45) is 1.62. The van der Waals surface area contributed by atoms with E-state index >= 15 is 0 Å². The van der Waals surface area contributed by atoms with Gasteiger partial charge in [0.25, 0.3) is 11.8 Å². The molecule has 3 N–H and O–H groups in total. The molecule has 5 aromatic carbocycles. The van der Waals surface area contributed by atoms with Gasteiger partial charge in [-0.3, -0.25) is 14.4 Å². The SMILES string of the molecule is COc1ccc2nc(NC(=O)C(Sc3ccc(NC(=O)/C(=C/c4cccc(Br)c4)NC(=O)c4ccccc4)cc3)c3ccccc3)sc2c1. The number of thiazole rings is 1. The van der Waals surface area contributed by atoms with Crippen LogP contribution in [0.15, 0.2) is 142 Å². The monoisotopic (exact) mass is 748 g/mol. The van der Waals surface area contributed by atoms with Gasteiger partial charge in [0, 0.05) is 20.6 Å². The minimum atomic E-state index is -0.573. The van der Waals surface area contributed by atoms with Crippen molar-refractivity contribution in [2.45, 2.75) is 10.1 Å². The molecule has 3 amide bonds. The summed E-state index contributed by atoms with van der Waals surface area (Å²) in [6.45, 7) is 0. The number of rotatable bonds is 11. The number of carbonyl (C=O) groups excluding carboxylic acids is 3. The summed E-state index contributed by atoms with van der Waals surface area (Å²) >= 11 is 6.22. The first-order chi connectivity index (χ1) is 23.8. The molecular formula is C38H29BrN4O4S2. The Bertz CT molecular complexity index is 2140. The molecule has 0 bridgehead atoms. The average molecular weight is 750 g/mol. The molecule has 6 aromatic rings. The molecule has 0 aliphatic carbocycles. The predicted molar refractivity (Wildman–Crippen MR) is 201 cm³/mol. The van der Waals surface area contributed by atoms with Crippen LogP contribution >= 0.6 is 39.0 Å². The van der Waals surface area contributed by atoms with E-state index in [9.17, 15) is 14.4 Å². The average Bonchev–Trinajstić information content (AvgIpc) is 3.53. The second kappa shape index (κ2) is 15.8. The Balaban J connectivity index is 1.18. The summed E-state index contributed by atoms with van der Waals surface area (Å²) in [5, 5.41) is 8.56. The molecule has 1 atom stereocenters. The molecule has 6 rings (SSSR count). The lowest BCUT2D eigenvalue weighted by Crippen LogP contribution is -2.30. The second-order valence-electron chi connectivity index (χ2n) is 10.7. The normalized spacial score (nSPS) is 11.8. The lowest BCUT2D eigenvalue weighted by molar-refractivity contribution is -0.116. The van der Waals surface area contributed by atoms with E-state index in [1.807, 2.05) is 91.0 Å². The minimum absolute atomic E-state index is 0.0829. The van der Waals surface area contributed by atoms with Gasteiger partial charge in [0.15, 0.2) is 5.13 Å². The highest BCUT2D eigenvalue weighted by atomic mass is 79.9. The van der Waals surface area contributed by atoms with Gasteiger partial charge in [0.1, 0.15) is 16.7 Å². The van der Waals surface area contributed by atoms with Gasteiger partial charge in [-0.15, -0.1) is 11.8 Å². The van der Waals surface area contributed by atoms with Crippen LogP contribution in [0, 0.1) is 0 Å². The number of methoxy groups -OCH3 is 1. The summed E-state index contributed by atoms with van der Waals surface area (Å²) in [5.41, 5.74) is 3.37. The fourth-order valence-corrected chi connectivity index (χ4v) is 7.15. The maximum absolute atomic E-state index is 13.7. The maximum atomic E-state index is 13.7. The van der Waals surface area contributed by atoms with Crippen molar-refractivity contribution in [2.24, 2.45) is 0 Å². The number of ether oxygens (including phenoxy) is 1. The largest absolute Gasteiger partial charge is 0.497 e. The molecule has 0 spiro atoms. The Labute approximate surface area is 299 Å². The number of aromatic nitrogens is 1. The zero-order valence-electron chi connectivity index (χ0n) is 26.1. The molecular weight excluding hydrogens is 720 g/mol. The van der Waals surface area contributed by atoms with Crippen LogP contribution in [0.5, 0.6) is 5.75 Å². The number of benzene rings is 5. The third-order valence-corrected chi connectivity index (χ3v) is 9.91. The van der Waals surface area contributed by atoms with Gasteiger partial charge >= 0.3 is 0 Å². The first-order valence-corrected chi connectivity index (χ1v) is 17.6. The molecule has 8 nitrogen and oxygen atoms in total. The van der Waals surface area contributed by atoms with Gasteiger partial charge in [0.2, 0.25) is 5.91 Å². The van der Waals surface area contributed by atoms with E-state index in [0.717, 1.165) is 36.5 Å².